The number of rotatable bonds is 10. The van der Waals surface area contributed by atoms with Gasteiger partial charge in [0.05, 0.1) is 30.9 Å². The van der Waals surface area contributed by atoms with Gasteiger partial charge in [-0.15, -0.1) is 6.58 Å². The molecule has 1 aliphatic rings. The number of esters is 1. The lowest BCUT2D eigenvalue weighted by molar-refractivity contribution is -0.124. The summed E-state index contributed by atoms with van der Waals surface area (Å²) in [4.78, 5) is 41.0. The van der Waals surface area contributed by atoms with E-state index in [-0.39, 0.29) is 24.8 Å². The molecule has 0 radical (unpaired) electrons. The average Bonchev–Trinajstić information content (AvgIpc) is 3.05. The van der Waals surface area contributed by atoms with Gasteiger partial charge in [-0.1, -0.05) is 6.08 Å². The lowest BCUT2D eigenvalue weighted by atomic mass is 10.1. The zero-order valence-electron chi connectivity index (χ0n) is 19.2. The molecule has 178 valence electrons. The number of hydrogen-bond acceptors (Lipinski definition) is 6. The second kappa shape index (κ2) is 11.4. The van der Waals surface area contributed by atoms with E-state index in [1.54, 1.807) is 66.4 Å². The fraction of sp³-hybridized carbons (Fsp3) is 0.280. The number of nitrogens with one attached hydrogen (secondary N) is 1. The molecule has 0 aromatic heterocycles. The van der Waals surface area contributed by atoms with Gasteiger partial charge in [0.1, 0.15) is 11.8 Å². The maximum absolute atomic E-state index is 13.3. The highest BCUT2D eigenvalue weighted by Gasteiger charge is 2.43. The van der Waals surface area contributed by atoms with Gasteiger partial charge in [0.15, 0.2) is 5.11 Å². The Labute approximate surface area is 204 Å². The minimum Gasteiger partial charge on any atom is -0.494 e. The van der Waals surface area contributed by atoms with Crippen molar-refractivity contribution in [3.05, 3.63) is 66.7 Å². The lowest BCUT2D eigenvalue weighted by Crippen LogP contribution is -2.37. The van der Waals surface area contributed by atoms with Gasteiger partial charge in [0.25, 0.3) is 5.91 Å². The zero-order valence-corrected chi connectivity index (χ0v) is 20.0. The fourth-order valence-electron chi connectivity index (χ4n) is 3.57. The van der Waals surface area contributed by atoms with Crippen LogP contribution in [-0.2, 0) is 14.3 Å². The van der Waals surface area contributed by atoms with Gasteiger partial charge in [-0.2, -0.15) is 0 Å². The van der Waals surface area contributed by atoms with Crippen molar-refractivity contribution in [3.63, 3.8) is 0 Å². The van der Waals surface area contributed by atoms with Crippen molar-refractivity contribution in [2.24, 2.45) is 0 Å². The maximum Gasteiger partial charge on any atom is 0.338 e. The average molecular weight is 482 g/mol. The van der Waals surface area contributed by atoms with Gasteiger partial charge in [0, 0.05) is 12.2 Å². The Balaban J connectivity index is 1.72. The summed E-state index contributed by atoms with van der Waals surface area (Å²) in [7, 11) is 0. The second-order valence-electron chi connectivity index (χ2n) is 7.39. The molecule has 1 aliphatic heterocycles. The Morgan fingerprint density at radius 3 is 2.35 bits per heavy atom. The number of anilines is 2. The molecule has 9 heteroatoms. The van der Waals surface area contributed by atoms with Crippen molar-refractivity contribution in [3.8, 4) is 5.75 Å². The predicted octanol–water partition coefficient (Wildman–Crippen LogP) is 3.78. The summed E-state index contributed by atoms with van der Waals surface area (Å²) in [5, 5.41) is 3.08. The number of amides is 2. The van der Waals surface area contributed by atoms with Crippen LogP contribution in [0.4, 0.5) is 11.4 Å². The highest BCUT2D eigenvalue weighted by Crippen LogP contribution is 2.29. The van der Waals surface area contributed by atoms with Gasteiger partial charge in [-0.05, 0) is 74.6 Å². The fourth-order valence-corrected chi connectivity index (χ4v) is 3.96. The van der Waals surface area contributed by atoms with Crippen LogP contribution in [0.5, 0.6) is 5.75 Å². The maximum atomic E-state index is 13.3. The van der Waals surface area contributed by atoms with Crippen LogP contribution in [0, 0.1) is 0 Å². The van der Waals surface area contributed by atoms with E-state index in [1.165, 1.54) is 4.90 Å². The van der Waals surface area contributed by atoms with Gasteiger partial charge < -0.3 is 19.7 Å². The first-order valence-electron chi connectivity index (χ1n) is 10.9. The van der Waals surface area contributed by atoms with Crippen LogP contribution in [-0.4, -0.2) is 53.6 Å². The van der Waals surface area contributed by atoms with Crippen molar-refractivity contribution in [2.45, 2.75) is 26.3 Å². The summed E-state index contributed by atoms with van der Waals surface area (Å²) in [6.07, 6.45) is 1.54. The van der Waals surface area contributed by atoms with E-state index >= 15 is 0 Å². The Morgan fingerprint density at radius 2 is 1.76 bits per heavy atom. The summed E-state index contributed by atoms with van der Waals surface area (Å²) in [6, 6.07) is 12.7. The first-order valence-corrected chi connectivity index (χ1v) is 11.4. The highest BCUT2D eigenvalue weighted by atomic mass is 32.1. The zero-order chi connectivity index (χ0) is 24.7. The first-order chi connectivity index (χ1) is 16.4. The molecule has 34 heavy (non-hydrogen) atoms. The third-order valence-corrected chi connectivity index (χ3v) is 5.53. The normalized spacial score (nSPS) is 15.3. The topological polar surface area (TPSA) is 88.2 Å². The molecule has 1 fully saturated rings. The minimum absolute atomic E-state index is 0.0973. The molecule has 1 N–H and O–H groups in total. The predicted molar refractivity (Wildman–Crippen MR) is 134 cm³/mol. The van der Waals surface area contributed by atoms with E-state index < -0.39 is 12.0 Å². The van der Waals surface area contributed by atoms with Crippen LogP contribution in [0.25, 0.3) is 0 Å². The molecular weight excluding hydrogens is 454 g/mol. The number of benzene rings is 2. The van der Waals surface area contributed by atoms with Crippen LogP contribution in [0.15, 0.2) is 61.2 Å². The molecule has 8 nitrogen and oxygen atoms in total. The molecule has 1 atom stereocenters. The van der Waals surface area contributed by atoms with Crippen molar-refractivity contribution in [2.75, 3.05) is 30.0 Å². The molecule has 2 aromatic rings. The third kappa shape index (κ3) is 5.60. The molecule has 0 saturated carbocycles. The Kier molecular flexibility index (Phi) is 8.37. The number of carbonyl (C=O) groups is 3. The van der Waals surface area contributed by atoms with Crippen LogP contribution >= 0.6 is 12.2 Å². The van der Waals surface area contributed by atoms with Crippen molar-refractivity contribution < 1.29 is 23.9 Å². The van der Waals surface area contributed by atoms with Crippen molar-refractivity contribution in [1.29, 1.82) is 0 Å². The summed E-state index contributed by atoms with van der Waals surface area (Å²) < 4.78 is 10.4. The van der Waals surface area contributed by atoms with Crippen LogP contribution < -0.4 is 15.0 Å². The second-order valence-corrected chi connectivity index (χ2v) is 7.76. The summed E-state index contributed by atoms with van der Waals surface area (Å²) in [5.74, 6) is -0.381. The molecule has 1 unspecified atom stereocenters. The Morgan fingerprint density at radius 1 is 1.09 bits per heavy atom. The van der Waals surface area contributed by atoms with Gasteiger partial charge in [-0.25, -0.2) is 4.79 Å². The van der Waals surface area contributed by atoms with Crippen LogP contribution in [0.3, 0.4) is 0 Å². The molecule has 3 rings (SSSR count). The number of carbonyl (C=O) groups excluding carboxylic acids is 3. The van der Waals surface area contributed by atoms with E-state index in [4.69, 9.17) is 21.7 Å². The SMILES string of the molecule is C=CCN1C(=S)N(c2ccc(OCC)cc2)C(=O)C1CC(=O)Nc1ccc(C(=O)OCC)cc1. The summed E-state index contributed by atoms with van der Waals surface area (Å²) in [5.41, 5.74) is 1.49. The Bertz CT molecular complexity index is 1070. The largest absolute Gasteiger partial charge is 0.494 e. The van der Waals surface area contributed by atoms with Gasteiger partial charge in [0.2, 0.25) is 5.91 Å². The van der Waals surface area contributed by atoms with Crippen LogP contribution in [0.1, 0.15) is 30.6 Å². The Hall–Kier alpha value is -3.72. The monoisotopic (exact) mass is 481 g/mol. The smallest absolute Gasteiger partial charge is 0.338 e. The molecule has 1 heterocycles. The summed E-state index contributed by atoms with van der Waals surface area (Å²) in [6.45, 7) is 8.51. The number of nitrogens with zero attached hydrogens (tertiary/aromatic N) is 2. The molecule has 2 aromatic carbocycles. The number of ether oxygens (including phenoxy) is 2. The highest BCUT2D eigenvalue weighted by molar-refractivity contribution is 7.80. The van der Waals surface area contributed by atoms with Crippen LogP contribution in [0.2, 0.25) is 0 Å². The first kappa shape index (κ1) is 24.9. The quantitative estimate of drug-likeness (QED) is 0.314. The molecule has 2 amide bonds. The molecule has 0 aliphatic carbocycles. The van der Waals surface area contributed by atoms with Gasteiger partial charge in [-0.3, -0.25) is 14.5 Å². The lowest BCUT2D eigenvalue weighted by Gasteiger charge is -2.22. The molecule has 0 bridgehead atoms. The summed E-state index contributed by atoms with van der Waals surface area (Å²) >= 11 is 5.57. The third-order valence-electron chi connectivity index (χ3n) is 5.11. The number of thiocarbonyl (C=S) groups is 1. The van der Waals surface area contributed by atoms with E-state index in [0.29, 0.717) is 41.0 Å². The molecule has 0 spiro atoms. The van der Waals surface area contributed by atoms with E-state index in [2.05, 4.69) is 11.9 Å². The van der Waals surface area contributed by atoms with Crippen molar-refractivity contribution >= 4 is 46.5 Å². The standard InChI is InChI=1S/C25H27N3O5S/c1-4-15-27-21(16-22(29)26-18-9-7-17(8-10-18)24(31)33-6-3)23(30)28(25(27)34)19-11-13-20(14-12-19)32-5-2/h4,7-14,21H,1,5-6,15-16H2,2-3H3,(H,26,29). The molecule has 1 saturated heterocycles. The van der Waals surface area contributed by atoms with E-state index in [1.807, 2.05) is 6.92 Å². The van der Waals surface area contributed by atoms with E-state index in [9.17, 15) is 14.4 Å². The van der Waals surface area contributed by atoms with Gasteiger partial charge >= 0.3 is 5.97 Å². The van der Waals surface area contributed by atoms with Crippen molar-refractivity contribution in [1.82, 2.24) is 4.90 Å². The van der Waals surface area contributed by atoms with E-state index in [0.717, 1.165) is 0 Å². The minimum atomic E-state index is -0.768. The molecular formula is C25H27N3O5S. The number of hydrogen-bond donors (Lipinski definition) is 1.